The molecule has 3 heterocycles. The number of carbonyl (C=O) groups is 1. The number of imidazole rings is 1. The van der Waals surface area contributed by atoms with Gasteiger partial charge in [-0.25, -0.2) is 15.0 Å². The standard InChI is InChI=1S/C38H35N5O7/c1-48-28-19-17-27(18-20-28)38(25-13-7-3-8-14-25,26-15-9-4-10-16-26)49-21-29-31(44)32(45)33(46)37(50-29)43-23-41-30-34(39-22-40-35(30)43)42-36(47)24-11-5-2-6-12-24/h2-20,22-23,29,31-33,37,44-46H,21H2,1H3,(H,39,40,42,47)/t29-,31-,32+,33-,37-/m1/s1/i21+1,29+1,31+1,32+1,33+1,37+1. The summed E-state index contributed by atoms with van der Waals surface area (Å²) in [7, 11) is 1.60. The average Bonchev–Trinajstić information content (AvgIpc) is 3.61. The van der Waals surface area contributed by atoms with Crippen LogP contribution in [0.1, 0.15) is 33.3 Å². The molecule has 50 heavy (non-hydrogen) atoms. The number of anilines is 1. The number of nitrogens with zero attached hydrogens (tertiary/aromatic N) is 4. The van der Waals surface area contributed by atoms with Crippen molar-refractivity contribution in [3.63, 3.8) is 0 Å². The summed E-state index contributed by atoms with van der Waals surface area (Å²) >= 11 is 0. The van der Waals surface area contributed by atoms with Gasteiger partial charge in [0.2, 0.25) is 0 Å². The first kappa shape index (κ1) is 33.0. The SMILES string of the molecule is COc1ccc(C(O[13CH2][13C@H]2O[13C@@H](n3cnc4c(NC(=O)c5ccccc5)ncnc43)[13C@H](O)[13C@@H](O)[13C@@H]2O)(c2ccccc2)c2ccccc2)cc1. The van der Waals surface area contributed by atoms with Crippen molar-refractivity contribution in [2.75, 3.05) is 19.0 Å². The van der Waals surface area contributed by atoms with Gasteiger partial charge in [-0.05, 0) is 41.0 Å². The first-order valence-electron chi connectivity index (χ1n) is 16.0. The normalized spacial score (nSPS) is 20.8. The number of aliphatic hydroxyl groups is 3. The highest BCUT2D eigenvalue weighted by Crippen LogP contribution is 2.42. The zero-order chi connectivity index (χ0) is 34.7. The van der Waals surface area contributed by atoms with E-state index in [1.54, 1.807) is 31.4 Å². The number of benzene rings is 4. The van der Waals surface area contributed by atoms with Crippen LogP contribution in [0.2, 0.25) is 0 Å². The van der Waals surface area contributed by atoms with Crippen LogP contribution in [0.3, 0.4) is 0 Å². The first-order valence-corrected chi connectivity index (χ1v) is 16.0. The van der Waals surface area contributed by atoms with Crippen LogP contribution in [0.5, 0.6) is 5.75 Å². The number of ether oxygens (including phenoxy) is 3. The van der Waals surface area contributed by atoms with Crippen LogP contribution < -0.4 is 10.1 Å². The van der Waals surface area contributed by atoms with Crippen LogP contribution in [0.15, 0.2) is 128 Å². The van der Waals surface area contributed by atoms with Crippen molar-refractivity contribution < 1.29 is 34.3 Å². The lowest BCUT2D eigenvalue weighted by atomic mass is 9.80. The average molecular weight is 680 g/mol. The van der Waals surface area contributed by atoms with Crippen LogP contribution in [0, 0.1) is 0 Å². The summed E-state index contributed by atoms with van der Waals surface area (Å²) in [6.07, 6.45) is -4.39. The summed E-state index contributed by atoms with van der Waals surface area (Å²) in [4.78, 5) is 25.8. The van der Waals surface area contributed by atoms with Crippen molar-refractivity contribution in [1.29, 1.82) is 0 Å². The van der Waals surface area contributed by atoms with Gasteiger partial charge >= 0.3 is 0 Å². The predicted molar refractivity (Wildman–Crippen MR) is 183 cm³/mol. The van der Waals surface area contributed by atoms with Crippen LogP contribution in [-0.2, 0) is 15.1 Å². The van der Waals surface area contributed by atoms with E-state index < -0.39 is 36.2 Å². The second kappa shape index (κ2) is 14.2. The molecule has 5 atom stereocenters. The van der Waals surface area contributed by atoms with Crippen molar-refractivity contribution >= 4 is 22.9 Å². The Morgan fingerprint density at radius 3 is 2.00 bits per heavy atom. The Balaban J connectivity index is 1.22. The zero-order valence-corrected chi connectivity index (χ0v) is 27.0. The molecule has 1 aliphatic rings. The molecule has 4 N–H and O–H groups in total. The fraction of sp³-hybridized carbons (Fsp3) is 0.211. The summed E-state index contributed by atoms with van der Waals surface area (Å²) < 4.78 is 20.1. The van der Waals surface area contributed by atoms with Crippen LogP contribution in [0.25, 0.3) is 11.2 Å². The number of hydrogen-bond acceptors (Lipinski definition) is 10. The number of carbonyl (C=O) groups excluding carboxylic acids is 1. The Labute approximate surface area is 287 Å². The van der Waals surface area contributed by atoms with Crippen LogP contribution in [-0.4, -0.2) is 78.9 Å². The van der Waals surface area contributed by atoms with Crippen molar-refractivity contribution in [3.05, 3.63) is 150 Å². The molecule has 0 radical (unpaired) electrons. The van der Waals surface area contributed by atoms with E-state index in [4.69, 9.17) is 14.2 Å². The predicted octanol–water partition coefficient (Wildman–Crippen LogP) is 4.08. The highest BCUT2D eigenvalue weighted by molar-refractivity contribution is 6.06. The molecule has 6 aromatic rings. The second-order valence-electron chi connectivity index (χ2n) is 11.9. The summed E-state index contributed by atoms with van der Waals surface area (Å²) in [5, 5.41) is 36.3. The fourth-order valence-corrected chi connectivity index (χ4v) is 6.33. The molecule has 0 spiro atoms. The molecule has 0 saturated carbocycles. The van der Waals surface area contributed by atoms with E-state index in [0.717, 1.165) is 16.7 Å². The maximum Gasteiger partial charge on any atom is 0.256 e. The minimum atomic E-state index is -1.61. The molecule has 12 nitrogen and oxygen atoms in total. The Kier molecular flexibility index (Phi) is 9.35. The molecule has 0 bridgehead atoms. The lowest BCUT2D eigenvalue weighted by Crippen LogP contribution is -2.57. The van der Waals surface area contributed by atoms with Crippen LogP contribution >= 0.6 is 0 Å². The number of rotatable bonds is 10. The number of methoxy groups -OCH3 is 1. The van der Waals surface area contributed by atoms with Gasteiger partial charge in [0.25, 0.3) is 5.91 Å². The third-order valence-corrected chi connectivity index (χ3v) is 8.91. The van der Waals surface area contributed by atoms with Gasteiger partial charge in [0.15, 0.2) is 23.2 Å². The third-order valence-electron chi connectivity index (χ3n) is 8.91. The van der Waals surface area contributed by atoms with Gasteiger partial charge in [0.05, 0.1) is 20.0 Å². The summed E-state index contributed by atoms with van der Waals surface area (Å²) in [6, 6.07) is 35.6. The van der Waals surface area contributed by atoms with E-state index in [9.17, 15) is 20.1 Å². The van der Waals surface area contributed by atoms with E-state index in [0.29, 0.717) is 11.3 Å². The molecule has 2 aromatic heterocycles. The molecule has 254 valence electrons. The number of hydrogen-bond donors (Lipinski definition) is 4. The van der Waals surface area contributed by atoms with Gasteiger partial charge in [-0.15, -0.1) is 0 Å². The van der Waals surface area contributed by atoms with Gasteiger partial charge in [-0.1, -0.05) is 91.0 Å². The number of aliphatic hydroxyl groups excluding tert-OH is 3. The minimum Gasteiger partial charge on any atom is -0.497 e. The molecule has 12 heteroatoms. The zero-order valence-electron chi connectivity index (χ0n) is 27.0. The smallest absolute Gasteiger partial charge is 0.256 e. The van der Waals surface area contributed by atoms with Gasteiger partial charge in [0, 0.05) is 5.56 Å². The van der Waals surface area contributed by atoms with Crippen molar-refractivity contribution in [2.45, 2.75) is 36.2 Å². The summed E-state index contributed by atoms with van der Waals surface area (Å²) in [5.41, 5.74) is 2.17. The second-order valence-corrected chi connectivity index (χ2v) is 11.9. The highest BCUT2D eigenvalue weighted by Gasteiger charge is 2.47. The number of nitrogens with one attached hydrogen (secondary N) is 1. The van der Waals surface area contributed by atoms with E-state index in [1.807, 2.05) is 91.0 Å². The molecule has 1 amide bonds. The fourth-order valence-electron chi connectivity index (χ4n) is 6.33. The van der Waals surface area contributed by atoms with Gasteiger partial charge in [-0.3, -0.25) is 9.36 Å². The number of amides is 1. The summed E-state index contributed by atoms with van der Waals surface area (Å²) in [6.45, 7) is -0.197. The van der Waals surface area contributed by atoms with Gasteiger partial charge in [-0.2, -0.15) is 0 Å². The lowest BCUT2D eigenvalue weighted by Gasteiger charge is -2.43. The Morgan fingerprint density at radius 2 is 1.38 bits per heavy atom. The molecule has 1 saturated heterocycles. The lowest BCUT2D eigenvalue weighted by molar-refractivity contribution is -0.257. The third kappa shape index (κ3) is 6.10. The maximum absolute atomic E-state index is 12.9. The van der Waals surface area contributed by atoms with E-state index in [2.05, 4.69) is 20.3 Å². The molecule has 0 unspecified atom stereocenters. The molecule has 1 aliphatic heterocycles. The molecule has 4 aromatic carbocycles. The number of fused-ring (bicyclic) bond motifs is 1. The molecule has 1 fully saturated rings. The van der Waals surface area contributed by atoms with Gasteiger partial charge < -0.3 is 34.8 Å². The Bertz CT molecular complexity index is 2010. The molecular weight excluding hydrogens is 644 g/mol. The quantitative estimate of drug-likeness (QED) is 0.123. The van der Waals surface area contributed by atoms with Crippen molar-refractivity contribution in [3.8, 4) is 5.75 Å². The molecule has 0 aliphatic carbocycles. The monoisotopic (exact) mass is 679 g/mol. The topological polar surface area (TPSA) is 161 Å². The first-order chi connectivity index (χ1) is 24.4. The number of aromatic nitrogens is 4. The Hall–Kier alpha value is -5.50. The van der Waals surface area contributed by atoms with Gasteiger partial charge in [0.1, 0.15) is 42.1 Å². The molecule has 7 rings (SSSR count). The summed E-state index contributed by atoms with van der Waals surface area (Å²) in [5.74, 6) is 0.444. The van der Waals surface area contributed by atoms with Crippen molar-refractivity contribution in [2.24, 2.45) is 0 Å². The van der Waals surface area contributed by atoms with E-state index >= 15 is 0 Å². The van der Waals surface area contributed by atoms with E-state index in [1.165, 1.54) is 17.2 Å². The van der Waals surface area contributed by atoms with Crippen LogP contribution in [0.4, 0.5) is 5.82 Å². The maximum atomic E-state index is 12.9. The van der Waals surface area contributed by atoms with E-state index in [-0.39, 0.29) is 29.5 Å². The highest BCUT2D eigenvalue weighted by atomic mass is 16.8. The largest absolute Gasteiger partial charge is 0.497 e. The van der Waals surface area contributed by atoms with Crippen molar-refractivity contribution in [1.82, 2.24) is 19.5 Å². The Morgan fingerprint density at radius 1 is 0.780 bits per heavy atom. The molecular formula is C38H35N5O7. The minimum absolute atomic E-state index is 0.156.